The summed E-state index contributed by atoms with van der Waals surface area (Å²) in [7, 11) is 0. The van der Waals surface area contributed by atoms with Gasteiger partial charge in [-0.2, -0.15) is 19.0 Å². The second-order valence-corrected chi connectivity index (χ2v) is 19.8. The topological polar surface area (TPSA) is 176 Å². The van der Waals surface area contributed by atoms with Crippen LogP contribution in [0, 0.1) is 34.7 Å². The Morgan fingerprint density at radius 3 is 0.884 bits per heavy atom. The first kappa shape index (κ1) is 59.1. The molecule has 0 radical (unpaired) electrons. The second kappa shape index (κ2) is 30.5. The van der Waals surface area contributed by atoms with Crippen LogP contribution in [0.5, 0.6) is 0 Å². The number of para-hydroxylation sites is 2. The van der Waals surface area contributed by atoms with Crippen molar-refractivity contribution in [1.29, 1.82) is 0 Å². The van der Waals surface area contributed by atoms with Crippen LogP contribution in [0.15, 0.2) is 281 Å². The van der Waals surface area contributed by atoms with Gasteiger partial charge in [0.1, 0.15) is 11.6 Å². The summed E-state index contributed by atoms with van der Waals surface area (Å²) in [5, 5.41) is 48.3. The zero-order valence-corrected chi connectivity index (χ0v) is 47.7. The molecule has 0 saturated heterocycles. The summed E-state index contributed by atoms with van der Waals surface area (Å²) in [6.07, 6.45) is 24.7. The van der Waals surface area contributed by atoms with Crippen LogP contribution < -0.4 is 0 Å². The Labute approximate surface area is 500 Å². The Hall–Kier alpha value is -11.5. The van der Waals surface area contributed by atoms with Crippen molar-refractivity contribution in [2.75, 3.05) is 0 Å². The van der Waals surface area contributed by atoms with Crippen LogP contribution in [0.25, 0.3) is 0 Å². The zero-order chi connectivity index (χ0) is 59.7. The lowest BCUT2D eigenvalue weighted by Crippen LogP contribution is -2.02. The van der Waals surface area contributed by atoms with Crippen molar-refractivity contribution in [3.05, 3.63) is 358 Å². The van der Waals surface area contributed by atoms with Gasteiger partial charge in [-0.15, -0.1) is 0 Å². The number of hydrogen-bond acceptors (Lipinski definition) is 8. The fraction of sp³-hybridized carbons (Fsp3) is 0.0857. The molecule has 0 N–H and O–H groups in total. The number of hydrogen-bond donors (Lipinski definition) is 0. The highest BCUT2D eigenvalue weighted by atomic mass is 16.5. The molecule has 0 spiro atoms. The first-order valence-corrected chi connectivity index (χ1v) is 27.7. The molecule has 0 aliphatic heterocycles. The van der Waals surface area contributed by atoms with Crippen molar-refractivity contribution in [2.45, 2.75) is 40.0 Å². The molecule has 86 heavy (non-hydrogen) atoms. The molecule has 8 aromatic carbocycles. The summed E-state index contributed by atoms with van der Waals surface area (Å²) in [6.45, 7) is 7.03. The van der Waals surface area contributed by atoms with E-state index >= 15 is 0 Å². The van der Waals surface area contributed by atoms with Gasteiger partial charge in [0.15, 0.2) is 24.9 Å². The summed E-state index contributed by atoms with van der Waals surface area (Å²) < 4.78 is 11.7. The molecule has 16 nitrogen and oxygen atoms in total. The maximum atomic E-state index is 12.1. The summed E-state index contributed by atoms with van der Waals surface area (Å²) in [5.74, 6) is 1.97. The normalized spacial score (nSPS) is 11.6. The summed E-state index contributed by atoms with van der Waals surface area (Å²) >= 11 is 0. The van der Waals surface area contributed by atoms with Crippen LogP contribution in [0.4, 0.5) is 22.7 Å². The molecule has 0 aliphatic carbocycles. The smallest absolute Gasteiger partial charge is 0.216 e. The van der Waals surface area contributed by atoms with E-state index in [1.807, 2.05) is 242 Å². The highest BCUT2D eigenvalue weighted by Gasteiger charge is 2.08. The van der Waals surface area contributed by atoms with Gasteiger partial charge in [0.05, 0.1) is 12.7 Å². The van der Waals surface area contributed by atoms with Crippen LogP contribution in [-0.4, -0.2) is 82.0 Å². The van der Waals surface area contributed by atoms with Crippen molar-refractivity contribution in [2.24, 2.45) is 0 Å². The highest BCUT2D eigenvalue weighted by molar-refractivity contribution is 5.78. The van der Waals surface area contributed by atoms with Gasteiger partial charge < -0.3 is 39.1 Å². The quantitative estimate of drug-likeness (QED) is 0.0397. The highest BCUT2D eigenvalue weighted by Crippen LogP contribution is 2.17. The molecule has 16 heteroatoms. The second-order valence-electron chi connectivity index (χ2n) is 19.8. The van der Waals surface area contributed by atoms with Crippen LogP contribution >= 0.6 is 0 Å². The van der Waals surface area contributed by atoms with Gasteiger partial charge in [0, 0.05) is 147 Å². The molecule has 0 aliphatic rings. The van der Waals surface area contributed by atoms with E-state index in [0.29, 0.717) is 22.7 Å². The molecule has 4 aromatic heterocycles. The van der Waals surface area contributed by atoms with E-state index in [1.165, 1.54) is 11.1 Å². The summed E-state index contributed by atoms with van der Waals surface area (Å²) in [6, 6.07) is 68.6. The van der Waals surface area contributed by atoms with Gasteiger partial charge in [-0.1, -0.05) is 121 Å². The minimum atomic E-state index is 0.619. The lowest BCUT2D eigenvalue weighted by atomic mass is 10.1. The number of aromatic nitrogens is 8. The third kappa shape index (κ3) is 18.2. The van der Waals surface area contributed by atoms with Crippen molar-refractivity contribution in [3.8, 4) is 0 Å². The molecule has 12 aromatic rings. The van der Waals surface area contributed by atoms with Gasteiger partial charge in [-0.05, 0) is 84.6 Å². The van der Waals surface area contributed by atoms with E-state index in [4.69, 9.17) is 0 Å². The van der Waals surface area contributed by atoms with Crippen LogP contribution in [0.3, 0.4) is 0 Å². The van der Waals surface area contributed by atoms with Crippen LogP contribution in [0.2, 0.25) is 0 Å². The number of nitrogens with zero attached hydrogens (tertiary/aromatic N) is 12. The average molecular weight is 1140 g/mol. The average Bonchev–Trinajstić information content (AvgIpc) is 4.49. The maximum Gasteiger partial charge on any atom is 0.216 e. The van der Waals surface area contributed by atoms with E-state index in [2.05, 4.69) is 29.1 Å². The van der Waals surface area contributed by atoms with E-state index in [-0.39, 0.29) is 0 Å². The number of rotatable bonds is 16. The largest absolute Gasteiger partial charge is 0.618 e. The van der Waals surface area contributed by atoms with Crippen molar-refractivity contribution in [3.63, 3.8) is 0 Å². The monoisotopic (exact) mass is 1140 g/mol. The maximum absolute atomic E-state index is 12.1. The van der Waals surface area contributed by atoms with Crippen molar-refractivity contribution >= 4 is 47.6 Å². The standard InChI is InChI=1S/2C18H17N3O.2C17H15N3O/c1-15-19-11-12-20(15)13-16-7-9-17(10-8-16)14-21(22)18-5-3-2-4-6-18;1-15-19-11-12-20(15)13-17-7-9-18(10-8-17)21(22)14-16-5-3-2-4-6-16;21-20(17-4-2-1-3-5-17)13-16-8-6-15(7-9-16)12-19-11-10-18-14-19;21-20(13-15-4-2-1-3-5-15)17-8-6-16(7-9-17)12-19-11-10-18-14-19/h2*2-12,14H,13H2,1H3;2*1-11,13-14H,12H2/b2*21-14-;2*20-13-. The fourth-order valence-electron chi connectivity index (χ4n) is 8.70. The van der Waals surface area contributed by atoms with Gasteiger partial charge in [-0.3, -0.25) is 0 Å². The van der Waals surface area contributed by atoms with Crippen LogP contribution in [0.1, 0.15) is 56.2 Å². The predicted molar refractivity (Wildman–Crippen MR) is 340 cm³/mol. The first-order valence-electron chi connectivity index (χ1n) is 27.7. The van der Waals surface area contributed by atoms with Gasteiger partial charge >= 0.3 is 0 Å². The Morgan fingerprint density at radius 2 is 0.593 bits per heavy atom. The molecule has 0 atom stereocenters. The van der Waals surface area contributed by atoms with Gasteiger partial charge in [-0.25, -0.2) is 19.9 Å². The van der Waals surface area contributed by atoms with E-state index < -0.39 is 0 Å². The lowest BCUT2D eigenvalue weighted by Gasteiger charge is -2.07. The fourth-order valence-corrected chi connectivity index (χ4v) is 8.70. The predicted octanol–water partition coefficient (Wildman–Crippen LogP) is 13.4. The summed E-state index contributed by atoms with van der Waals surface area (Å²) in [4.78, 5) is 16.4. The SMILES string of the molecule is Cc1nccn1Cc1ccc(/C=[N+](\[O-])c2ccccc2)cc1.Cc1nccn1Cc1ccc(/[N+]([O-])=C/c2ccccc2)cc1.[O-]/[N+](=C\c1ccc(Cn2ccnc2)cc1)c1ccccc1.[O-]/[N+](=C\c1ccccc1)c1ccc(Cn2ccnc2)cc1. The number of benzene rings is 8. The molecule has 0 bridgehead atoms. The van der Waals surface area contributed by atoms with E-state index in [0.717, 1.165) is 90.2 Å². The molecule has 0 fully saturated rings. The molecule has 4 heterocycles. The minimum absolute atomic E-state index is 0.619. The minimum Gasteiger partial charge on any atom is -0.618 e. The molecule has 0 saturated carbocycles. The van der Waals surface area contributed by atoms with Gasteiger partial charge in [0.2, 0.25) is 22.7 Å². The molecule has 428 valence electrons. The third-order valence-corrected chi connectivity index (χ3v) is 13.4. The van der Waals surface area contributed by atoms with Crippen molar-refractivity contribution in [1.82, 2.24) is 38.2 Å². The Morgan fingerprint density at radius 1 is 0.314 bits per heavy atom. The Kier molecular flexibility index (Phi) is 21.0. The zero-order valence-electron chi connectivity index (χ0n) is 47.7. The molecular weight excluding hydrogens is 1070 g/mol. The Balaban J connectivity index is 0.000000137. The van der Waals surface area contributed by atoms with E-state index in [9.17, 15) is 20.8 Å². The van der Waals surface area contributed by atoms with Gasteiger partial charge in [0.25, 0.3) is 0 Å². The van der Waals surface area contributed by atoms with Crippen molar-refractivity contribution < 1.29 is 19.0 Å². The molecule has 0 unspecified atom stereocenters. The number of imidazole rings is 4. The lowest BCUT2D eigenvalue weighted by molar-refractivity contribution is -0.354. The molecule has 0 amide bonds. The first-order chi connectivity index (χ1) is 42.1. The molecule has 12 rings (SSSR count). The van der Waals surface area contributed by atoms with E-state index in [1.54, 1.807) is 86.6 Å². The van der Waals surface area contributed by atoms with Crippen LogP contribution in [-0.2, 0) is 26.2 Å². The number of aryl methyl sites for hydroxylation is 2. The molecular formula is C70H64N12O4. The Bertz CT molecular complexity index is 4050. The summed E-state index contributed by atoms with van der Waals surface area (Å²) in [5.41, 5.74) is 10.6. The third-order valence-electron chi connectivity index (χ3n) is 13.4.